The molecule has 0 bridgehead atoms. The van der Waals surface area contributed by atoms with Crippen molar-refractivity contribution in [3.63, 3.8) is 0 Å². The van der Waals surface area contributed by atoms with E-state index in [-0.39, 0.29) is 0 Å². The molecule has 0 aliphatic heterocycles. The van der Waals surface area contributed by atoms with E-state index in [4.69, 9.17) is 9.90 Å². The van der Waals surface area contributed by atoms with E-state index in [1.807, 2.05) is 0 Å². The number of hydrogen-bond acceptors (Lipinski definition) is 2. The molecule has 0 fully saturated rings. The largest absolute Gasteiger partial charge is 0.396 e. The Labute approximate surface area is 54.8 Å². The normalized spacial score (nSPS) is 7.33. The molecule has 0 aromatic rings. The minimum Gasteiger partial charge on any atom is -0.396 e. The SMILES string of the molecule is CCCCO.NC(N)=O. The van der Waals surface area contributed by atoms with Crippen molar-refractivity contribution in [3.8, 4) is 0 Å². The Bertz CT molecular complexity index is 60.0. The van der Waals surface area contributed by atoms with Crippen molar-refractivity contribution >= 4 is 6.03 Å². The number of aliphatic hydroxyl groups is 1. The highest BCUT2D eigenvalue weighted by molar-refractivity contribution is 5.69. The fourth-order valence-corrected chi connectivity index (χ4v) is 0.158. The Morgan fingerprint density at radius 3 is 1.89 bits per heavy atom. The maximum Gasteiger partial charge on any atom is 0.309 e. The Morgan fingerprint density at radius 2 is 1.89 bits per heavy atom. The number of primary amides is 2. The average molecular weight is 134 g/mol. The van der Waals surface area contributed by atoms with E-state index in [0.717, 1.165) is 12.8 Å². The van der Waals surface area contributed by atoms with Crippen LogP contribution in [0.2, 0.25) is 0 Å². The van der Waals surface area contributed by atoms with Crippen LogP contribution in [0.4, 0.5) is 4.79 Å². The number of carbonyl (C=O) groups excluding carboxylic acids is 1. The van der Waals surface area contributed by atoms with Gasteiger partial charge in [0.2, 0.25) is 0 Å². The van der Waals surface area contributed by atoms with Gasteiger partial charge >= 0.3 is 6.03 Å². The van der Waals surface area contributed by atoms with Crippen molar-refractivity contribution in [1.29, 1.82) is 0 Å². The fraction of sp³-hybridized carbons (Fsp3) is 0.800. The highest BCUT2D eigenvalue weighted by Gasteiger charge is 1.69. The van der Waals surface area contributed by atoms with Crippen LogP contribution in [-0.4, -0.2) is 17.7 Å². The summed E-state index contributed by atoms with van der Waals surface area (Å²) in [5.41, 5.74) is 8.50. The van der Waals surface area contributed by atoms with Crippen LogP contribution in [0.1, 0.15) is 19.8 Å². The molecule has 0 saturated carbocycles. The third-order valence-corrected chi connectivity index (χ3v) is 0.512. The summed E-state index contributed by atoms with van der Waals surface area (Å²) < 4.78 is 0. The summed E-state index contributed by atoms with van der Waals surface area (Å²) in [5, 5.41) is 8.07. The first-order valence-electron chi connectivity index (χ1n) is 2.80. The first kappa shape index (κ1) is 11.1. The topological polar surface area (TPSA) is 89.3 Å². The molecule has 0 aliphatic rings. The molecule has 56 valence electrons. The van der Waals surface area contributed by atoms with Crippen LogP contribution in [0, 0.1) is 0 Å². The number of rotatable bonds is 2. The lowest BCUT2D eigenvalue weighted by Crippen LogP contribution is -2.18. The number of amides is 2. The molecule has 4 heteroatoms. The molecule has 0 radical (unpaired) electrons. The molecule has 0 unspecified atom stereocenters. The minimum atomic E-state index is -0.833. The molecule has 0 heterocycles. The Hall–Kier alpha value is -0.770. The molecule has 2 amide bonds. The van der Waals surface area contributed by atoms with Crippen molar-refractivity contribution < 1.29 is 9.90 Å². The zero-order chi connectivity index (χ0) is 7.70. The summed E-state index contributed by atoms with van der Waals surface area (Å²) in [6.07, 6.45) is 2.04. The van der Waals surface area contributed by atoms with Crippen LogP contribution >= 0.6 is 0 Å². The lowest BCUT2D eigenvalue weighted by Gasteiger charge is -1.79. The van der Waals surface area contributed by atoms with Crippen LogP contribution in [0.25, 0.3) is 0 Å². The third kappa shape index (κ3) is 131. The van der Waals surface area contributed by atoms with Crippen LogP contribution in [0.5, 0.6) is 0 Å². The van der Waals surface area contributed by atoms with E-state index >= 15 is 0 Å². The van der Waals surface area contributed by atoms with Crippen molar-refractivity contribution in [1.82, 2.24) is 0 Å². The van der Waals surface area contributed by atoms with Gasteiger partial charge in [0.15, 0.2) is 0 Å². The molecule has 0 saturated heterocycles. The van der Waals surface area contributed by atoms with Gasteiger partial charge in [0, 0.05) is 6.61 Å². The quantitative estimate of drug-likeness (QED) is 0.488. The maximum atomic E-state index is 9.00. The van der Waals surface area contributed by atoms with Gasteiger partial charge in [-0.05, 0) is 6.42 Å². The van der Waals surface area contributed by atoms with Gasteiger partial charge in [0.1, 0.15) is 0 Å². The highest BCUT2D eigenvalue weighted by atomic mass is 16.2. The second-order valence-electron chi connectivity index (χ2n) is 1.48. The smallest absolute Gasteiger partial charge is 0.309 e. The van der Waals surface area contributed by atoms with Gasteiger partial charge in [-0.25, -0.2) is 4.79 Å². The standard InChI is InChI=1S/C4H10O.CH4N2O/c1-2-3-4-5;2-1(3)4/h5H,2-4H2,1H3;(H4,2,3,4). The number of hydrogen-bond donors (Lipinski definition) is 3. The average Bonchev–Trinajstić information content (AvgIpc) is 1.66. The maximum absolute atomic E-state index is 9.00. The zero-order valence-corrected chi connectivity index (χ0v) is 5.63. The van der Waals surface area contributed by atoms with Gasteiger partial charge in [0.05, 0.1) is 0 Å². The first-order chi connectivity index (χ1) is 4.15. The van der Waals surface area contributed by atoms with Crippen LogP contribution < -0.4 is 11.5 Å². The molecule has 0 aromatic carbocycles. The molecule has 4 nitrogen and oxygen atoms in total. The summed E-state index contributed by atoms with van der Waals surface area (Å²) in [4.78, 5) is 9.00. The van der Waals surface area contributed by atoms with Gasteiger partial charge in [0.25, 0.3) is 0 Å². The fourth-order valence-electron chi connectivity index (χ4n) is 0.158. The number of unbranched alkanes of at least 4 members (excludes halogenated alkanes) is 1. The second kappa shape index (κ2) is 10.3. The lowest BCUT2D eigenvalue weighted by atomic mass is 10.4. The van der Waals surface area contributed by atoms with E-state index in [1.54, 1.807) is 0 Å². The zero-order valence-electron chi connectivity index (χ0n) is 5.63. The molecular weight excluding hydrogens is 120 g/mol. The van der Waals surface area contributed by atoms with Crippen LogP contribution in [0.15, 0.2) is 0 Å². The Balaban J connectivity index is 0. The van der Waals surface area contributed by atoms with Crippen molar-refractivity contribution in [3.05, 3.63) is 0 Å². The number of nitrogens with two attached hydrogens (primary N) is 2. The lowest BCUT2D eigenvalue weighted by molar-refractivity contribution is 0.256. The van der Waals surface area contributed by atoms with Gasteiger partial charge in [-0.2, -0.15) is 0 Å². The van der Waals surface area contributed by atoms with Crippen molar-refractivity contribution in [2.75, 3.05) is 6.61 Å². The summed E-state index contributed by atoms with van der Waals surface area (Å²) in [5.74, 6) is 0. The van der Waals surface area contributed by atoms with Crippen LogP contribution in [0.3, 0.4) is 0 Å². The van der Waals surface area contributed by atoms with Crippen molar-refractivity contribution in [2.24, 2.45) is 11.5 Å². The summed E-state index contributed by atoms with van der Waals surface area (Å²) >= 11 is 0. The Morgan fingerprint density at radius 1 is 1.56 bits per heavy atom. The van der Waals surface area contributed by atoms with Gasteiger partial charge in [-0.1, -0.05) is 13.3 Å². The van der Waals surface area contributed by atoms with E-state index in [0.29, 0.717) is 6.61 Å². The van der Waals surface area contributed by atoms with Crippen LogP contribution in [-0.2, 0) is 0 Å². The highest BCUT2D eigenvalue weighted by Crippen LogP contribution is 1.78. The Kier molecular flexibility index (Phi) is 12.6. The summed E-state index contributed by atoms with van der Waals surface area (Å²) in [7, 11) is 0. The monoisotopic (exact) mass is 134 g/mol. The molecule has 0 spiro atoms. The van der Waals surface area contributed by atoms with E-state index in [1.165, 1.54) is 0 Å². The van der Waals surface area contributed by atoms with E-state index in [2.05, 4.69) is 18.4 Å². The van der Waals surface area contributed by atoms with E-state index in [9.17, 15) is 0 Å². The number of aliphatic hydroxyl groups excluding tert-OH is 1. The number of urea groups is 1. The van der Waals surface area contributed by atoms with Gasteiger partial charge in [-0.15, -0.1) is 0 Å². The predicted molar refractivity (Wildman–Crippen MR) is 35.8 cm³/mol. The minimum absolute atomic E-state index is 0.344. The molecule has 0 atom stereocenters. The molecular formula is C5H14N2O2. The van der Waals surface area contributed by atoms with Gasteiger partial charge in [-0.3, -0.25) is 0 Å². The van der Waals surface area contributed by atoms with E-state index < -0.39 is 6.03 Å². The first-order valence-corrected chi connectivity index (χ1v) is 2.80. The molecule has 9 heavy (non-hydrogen) atoms. The van der Waals surface area contributed by atoms with Crippen molar-refractivity contribution in [2.45, 2.75) is 19.8 Å². The predicted octanol–water partition coefficient (Wildman–Crippen LogP) is -0.197. The summed E-state index contributed by atoms with van der Waals surface area (Å²) in [6.45, 7) is 2.40. The summed E-state index contributed by atoms with van der Waals surface area (Å²) in [6, 6.07) is -0.833. The van der Waals surface area contributed by atoms with Gasteiger partial charge < -0.3 is 16.6 Å². The molecule has 0 aliphatic carbocycles. The molecule has 0 aromatic heterocycles. The number of carbonyl (C=O) groups is 1. The third-order valence-electron chi connectivity index (χ3n) is 0.512. The molecule has 5 N–H and O–H groups in total. The molecule has 0 rings (SSSR count). The second-order valence-corrected chi connectivity index (χ2v) is 1.48.